The van der Waals surface area contributed by atoms with Crippen LogP contribution in [0.2, 0.25) is 5.02 Å². The summed E-state index contributed by atoms with van der Waals surface area (Å²) in [5, 5.41) is 4.11. The molecule has 0 saturated heterocycles. The van der Waals surface area contributed by atoms with Gasteiger partial charge in [-0.05, 0) is 58.0 Å². The van der Waals surface area contributed by atoms with E-state index in [1.165, 1.54) is 6.92 Å². The minimum absolute atomic E-state index is 0.213. The van der Waals surface area contributed by atoms with Crippen LogP contribution in [0.1, 0.15) is 33.5 Å². The van der Waals surface area contributed by atoms with Crippen molar-refractivity contribution in [3.05, 3.63) is 59.4 Å². The number of nitrogens with zero attached hydrogens (tertiary/aromatic N) is 3. The Hall–Kier alpha value is -3.01. The molecular formula is C26H31ClN5O5P. The summed E-state index contributed by atoms with van der Waals surface area (Å²) in [7, 11) is -4.01. The van der Waals surface area contributed by atoms with Gasteiger partial charge in [0.25, 0.3) is 0 Å². The lowest BCUT2D eigenvalue weighted by atomic mass is 10.2. The second-order valence-corrected chi connectivity index (χ2v) is 11.0. The number of Topliss-reactive ketones (excluding diaryl/α,β-unsaturated/α-hetero) is 1. The number of nitrogens with one attached hydrogen (secondary N) is 1. The summed E-state index contributed by atoms with van der Waals surface area (Å²) in [6, 6.07) is 13.2. The van der Waals surface area contributed by atoms with E-state index in [-0.39, 0.29) is 24.7 Å². The number of para-hydroxylation sites is 1. The maximum atomic E-state index is 13.9. The van der Waals surface area contributed by atoms with Gasteiger partial charge in [0.2, 0.25) is 0 Å². The van der Waals surface area contributed by atoms with E-state index in [2.05, 4.69) is 10.1 Å². The first-order chi connectivity index (χ1) is 18.1. The minimum Gasteiger partial charge on any atom is -0.413 e. The number of benzene rings is 2. The van der Waals surface area contributed by atoms with Gasteiger partial charge in [-0.2, -0.15) is 0 Å². The predicted octanol–water partition coefficient (Wildman–Crippen LogP) is 5.52. The standard InChI is InChI=1S/C26H31ClN5O5P/c1-5-35-15-23-30-24-25(21-8-6-7-9-22(21)29-26(24)28)32(23)14-16(2)36-38(34,31-17(3)18(4)33)37-20-12-10-19(27)11-13-20/h6-13,16-17H,5,14-15H2,1-4H3,(H2,28,29)(H,31,34)/t16-,17+,38?/m1/s1. The fourth-order valence-electron chi connectivity index (χ4n) is 3.97. The molecule has 0 bridgehead atoms. The summed E-state index contributed by atoms with van der Waals surface area (Å²) < 4.78 is 33.3. The Bertz CT molecular complexity index is 1490. The van der Waals surface area contributed by atoms with Crippen molar-refractivity contribution in [3.8, 4) is 5.75 Å². The van der Waals surface area contributed by atoms with Gasteiger partial charge < -0.3 is 19.6 Å². The lowest BCUT2D eigenvalue weighted by Gasteiger charge is -2.26. The normalized spacial score (nSPS) is 14.9. The van der Waals surface area contributed by atoms with Gasteiger partial charge in [0.15, 0.2) is 5.82 Å². The van der Waals surface area contributed by atoms with E-state index in [9.17, 15) is 9.36 Å². The number of nitrogens with two attached hydrogens (primary N) is 1. The molecule has 2 aromatic carbocycles. The quantitative estimate of drug-likeness (QED) is 0.215. The number of rotatable bonds is 12. The van der Waals surface area contributed by atoms with Crippen molar-refractivity contribution in [1.29, 1.82) is 0 Å². The fraction of sp³-hybridized carbons (Fsp3) is 0.346. The number of fused-ring (bicyclic) bond motifs is 3. The Morgan fingerprint density at radius 3 is 2.55 bits per heavy atom. The van der Waals surface area contributed by atoms with Crippen molar-refractivity contribution in [2.45, 2.75) is 53.0 Å². The molecule has 0 radical (unpaired) electrons. The zero-order valence-corrected chi connectivity index (χ0v) is 23.3. The summed E-state index contributed by atoms with van der Waals surface area (Å²) >= 11 is 5.98. The average molecular weight is 560 g/mol. The lowest BCUT2D eigenvalue weighted by molar-refractivity contribution is -0.118. The molecule has 4 rings (SSSR count). The molecule has 0 spiro atoms. The molecule has 0 saturated carbocycles. The monoisotopic (exact) mass is 559 g/mol. The van der Waals surface area contributed by atoms with Crippen LogP contribution in [0.15, 0.2) is 48.5 Å². The molecule has 4 aromatic rings. The SMILES string of the molecule is CCOCc1nc2c(N)nc3ccccc3c2n1C[C@@H](C)OP(=O)(N[C@@H](C)C(C)=O)Oc1ccc(Cl)cc1. The number of pyridine rings is 1. The molecule has 202 valence electrons. The number of anilines is 1. The number of ether oxygens (including phenoxy) is 1. The summed E-state index contributed by atoms with van der Waals surface area (Å²) in [4.78, 5) is 21.2. The molecule has 0 aliphatic heterocycles. The summed E-state index contributed by atoms with van der Waals surface area (Å²) in [6.07, 6.45) is -0.647. The highest BCUT2D eigenvalue weighted by Crippen LogP contribution is 2.46. The maximum absolute atomic E-state index is 13.9. The van der Waals surface area contributed by atoms with Crippen LogP contribution in [0.5, 0.6) is 5.75 Å². The molecule has 38 heavy (non-hydrogen) atoms. The molecule has 3 N–H and O–H groups in total. The van der Waals surface area contributed by atoms with Crippen LogP contribution in [0.4, 0.5) is 5.82 Å². The second kappa shape index (κ2) is 11.8. The van der Waals surface area contributed by atoms with Crippen molar-refractivity contribution >= 4 is 52.9 Å². The topological polar surface area (TPSA) is 131 Å². The van der Waals surface area contributed by atoms with Gasteiger partial charge in [-0.1, -0.05) is 29.8 Å². The van der Waals surface area contributed by atoms with E-state index in [1.807, 2.05) is 35.8 Å². The Morgan fingerprint density at radius 1 is 1.16 bits per heavy atom. The predicted molar refractivity (Wildman–Crippen MR) is 148 cm³/mol. The van der Waals surface area contributed by atoms with Crippen molar-refractivity contribution in [3.63, 3.8) is 0 Å². The van der Waals surface area contributed by atoms with E-state index >= 15 is 0 Å². The van der Waals surface area contributed by atoms with Crippen LogP contribution in [0.3, 0.4) is 0 Å². The maximum Gasteiger partial charge on any atom is 0.459 e. The molecular weight excluding hydrogens is 529 g/mol. The number of carbonyl (C=O) groups is 1. The molecule has 10 nitrogen and oxygen atoms in total. The number of ketones is 1. The number of nitrogen functional groups attached to an aromatic ring is 1. The van der Waals surface area contributed by atoms with Crippen LogP contribution in [-0.2, 0) is 31.8 Å². The summed E-state index contributed by atoms with van der Waals surface area (Å²) in [5.41, 5.74) is 8.32. The van der Waals surface area contributed by atoms with Crippen molar-refractivity contribution in [2.24, 2.45) is 0 Å². The highest BCUT2D eigenvalue weighted by Gasteiger charge is 2.33. The van der Waals surface area contributed by atoms with Gasteiger partial charge in [0, 0.05) is 17.0 Å². The van der Waals surface area contributed by atoms with E-state index in [4.69, 9.17) is 36.1 Å². The van der Waals surface area contributed by atoms with E-state index in [0.29, 0.717) is 28.8 Å². The molecule has 0 aliphatic rings. The molecule has 2 aromatic heterocycles. The van der Waals surface area contributed by atoms with Crippen molar-refractivity contribution in [2.75, 3.05) is 12.3 Å². The third-order valence-corrected chi connectivity index (χ3v) is 7.93. The first-order valence-corrected chi connectivity index (χ1v) is 14.1. The Labute approximate surface area is 226 Å². The van der Waals surface area contributed by atoms with Crippen LogP contribution < -0.4 is 15.3 Å². The Kier molecular flexibility index (Phi) is 8.70. The number of hydrogen-bond acceptors (Lipinski definition) is 8. The third kappa shape index (κ3) is 6.34. The largest absolute Gasteiger partial charge is 0.459 e. The molecule has 12 heteroatoms. The third-order valence-electron chi connectivity index (χ3n) is 5.88. The van der Waals surface area contributed by atoms with Gasteiger partial charge in [-0.3, -0.25) is 9.32 Å². The molecule has 0 amide bonds. The molecule has 2 heterocycles. The smallest absolute Gasteiger partial charge is 0.413 e. The molecule has 0 aliphatic carbocycles. The summed E-state index contributed by atoms with van der Waals surface area (Å²) in [5.74, 6) is 0.997. The zero-order valence-electron chi connectivity index (χ0n) is 21.7. The first-order valence-electron chi connectivity index (χ1n) is 12.2. The van der Waals surface area contributed by atoms with Gasteiger partial charge in [0.1, 0.15) is 29.5 Å². The number of halogens is 1. The minimum atomic E-state index is -4.01. The number of aromatic nitrogens is 3. The zero-order chi connectivity index (χ0) is 27.4. The van der Waals surface area contributed by atoms with Crippen LogP contribution in [-0.4, -0.2) is 39.1 Å². The van der Waals surface area contributed by atoms with Gasteiger partial charge >= 0.3 is 7.75 Å². The summed E-state index contributed by atoms with van der Waals surface area (Å²) in [6.45, 7) is 7.65. The van der Waals surface area contributed by atoms with Crippen LogP contribution in [0.25, 0.3) is 21.9 Å². The molecule has 1 unspecified atom stereocenters. The van der Waals surface area contributed by atoms with Crippen molar-refractivity contribution in [1.82, 2.24) is 19.6 Å². The highest BCUT2D eigenvalue weighted by atomic mass is 35.5. The fourth-order valence-corrected chi connectivity index (χ4v) is 5.85. The van der Waals surface area contributed by atoms with E-state index in [1.54, 1.807) is 38.1 Å². The number of carbonyl (C=O) groups excluding carboxylic acids is 1. The van der Waals surface area contributed by atoms with Crippen LogP contribution in [0, 0.1) is 0 Å². The average Bonchev–Trinajstić information content (AvgIpc) is 3.22. The number of hydrogen-bond donors (Lipinski definition) is 2. The van der Waals surface area contributed by atoms with Crippen molar-refractivity contribution < 1.29 is 23.1 Å². The van der Waals surface area contributed by atoms with Crippen LogP contribution >= 0.6 is 19.3 Å². The van der Waals surface area contributed by atoms with E-state index in [0.717, 1.165) is 16.4 Å². The number of imidazole rings is 1. The lowest BCUT2D eigenvalue weighted by Crippen LogP contribution is -2.33. The first kappa shape index (κ1) is 28.0. The second-order valence-electron chi connectivity index (χ2n) is 8.91. The van der Waals surface area contributed by atoms with Gasteiger partial charge in [-0.15, -0.1) is 0 Å². The van der Waals surface area contributed by atoms with E-state index < -0.39 is 19.9 Å². The van der Waals surface area contributed by atoms with Gasteiger partial charge in [-0.25, -0.2) is 19.6 Å². The Morgan fingerprint density at radius 2 is 1.87 bits per heavy atom. The highest BCUT2D eigenvalue weighted by molar-refractivity contribution is 7.52. The van der Waals surface area contributed by atoms with Gasteiger partial charge in [0.05, 0.1) is 29.7 Å². The molecule has 0 fully saturated rings. The Balaban J connectivity index is 1.70. The molecule has 3 atom stereocenters.